The van der Waals surface area contributed by atoms with Crippen molar-refractivity contribution >= 4 is 11.9 Å². The van der Waals surface area contributed by atoms with E-state index in [0.29, 0.717) is 26.1 Å². The molecule has 2 aliphatic rings. The summed E-state index contributed by atoms with van der Waals surface area (Å²) in [4.78, 5) is 24.2. The van der Waals surface area contributed by atoms with E-state index in [0.717, 1.165) is 12.8 Å². The molecule has 2 fully saturated rings. The molecule has 0 aromatic carbocycles. The minimum Gasteiger partial charge on any atom is -0.481 e. The Balaban J connectivity index is 1.74. The van der Waals surface area contributed by atoms with Gasteiger partial charge in [0.1, 0.15) is 0 Å². The quantitative estimate of drug-likeness (QED) is 0.730. The minimum atomic E-state index is -0.778. The van der Waals surface area contributed by atoms with Gasteiger partial charge in [-0.2, -0.15) is 0 Å². The lowest BCUT2D eigenvalue weighted by Gasteiger charge is -2.44. The average Bonchev–Trinajstić information content (AvgIpc) is 2.16. The first kappa shape index (κ1) is 12.4. The lowest BCUT2D eigenvalue weighted by molar-refractivity contribution is -0.147. The number of nitrogens with two attached hydrogens (primary N) is 1. The zero-order valence-corrected chi connectivity index (χ0v) is 10.0. The first-order valence-corrected chi connectivity index (χ1v) is 6.24. The van der Waals surface area contributed by atoms with E-state index in [-0.39, 0.29) is 23.7 Å². The minimum absolute atomic E-state index is 0.0506. The second-order valence-electron chi connectivity index (χ2n) is 5.50. The molecule has 96 valence electrons. The highest BCUT2D eigenvalue weighted by atomic mass is 16.4. The number of hydrogen-bond acceptors (Lipinski definition) is 3. The van der Waals surface area contributed by atoms with Crippen molar-refractivity contribution in [3.05, 3.63) is 0 Å². The Morgan fingerprint density at radius 3 is 2.41 bits per heavy atom. The van der Waals surface area contributed by atoms with Crippen molar-refractivity contribution in [3.8, 4) is 0 Å². The van der Waals surface area contributed by atoms with Gasteiger partial charge < -0.3 is 15.7 Å². The van der Waals surface area contributed by atoms with Crippen LogP contribution in [0.3, 0.4) is 0 Å². The maximum Gasteiger partial charge on any atom is 0.303 e. The van der Waals surface area contributed by atoms with E-state index in [1.165, 1.54) is 6.42 Å². The third-order valence-corrected chi connectivity index (χ3v) is 4.15. The number of aliphatic carboxylic acids is 1. The Morgan fingerprint density at radius 1 is 1.35 bits per heavy atom. The molecular formula is C12H20N2O3. The number of amides is 1. The molecule has 5 nitrogen and oxygen atoms in total. The van der Waals surface area contributed by atoms with Gasteiger partial charge in [-0.25, -0.2) is 0 Å². The van der Waals surface area contributed by atoms with Crippen LogP contribution in [0.5, 0.6) is 0 Å². The molecule has 0 aromatic rings. The molecule has 1 heterocycles. The fourth-order valence-corrected chi connectivity index (χ4v) is 2.71. The van der Waals surface area contributed by atoms with E-state index in [1.54, 1.807) is 4.90 Å². The van der Waals surface area contributed by atoms with E-state index >= 15 is 0 Å². The van der Waals surface area contributed by atoms with E-state index in [4.69, 9.17) is 10.8 Å². The number of rotatable bonds is 5. The number of nitrogens with zero attached hydrogens (tertiary/aromatic N) is 1. The van der Waals surface area contributed by atoms with Crippen LogP contribution >= 0.6 is 0 Å². The molecule has 5 heteroatoms. The van der Waals surface area contributed by atoms with Crippen molar-refractivity contribution in [2.75, 3.05) is 19.6 Å². The highest BCUT2D eigenvalue weighted by Gasteiger charge is 2.41. The highest BCUT2D eigenvalue weighted by Crippen LogP contribution is 2.43. The molecular weight excluding hydrogens is 220 g/mol. The van der Waals surface area contributed by atoms with Crippen molar-refractivity contribution < 1.29 is 14.7 Å². The predicted molar refractivity (Wildman–Crippen MR) is 62.3 cm³/mol. The van der Waals surface area contributed by atoms with Crippen LogP contribution in [0, 0.1) is 11.3 Å². The second-order valence-corrected chi connectivity index (χ2v) is 5.50. The SMILES string of the molecule is NCC1(CC(=O)N2CC(CC(=O)O)C2)CCC1. The highest BCUT2D eigenvalue weighted by molar-refractivity contribution is 5.78. The van der Waals surface area contributed by atoms with Crippen molar-refractivity contribution in [2.24, 2.45) is 17.1 Å². The number of carboxylic acids is 1. The Labute approximate surface area is 101 Å². The topological polar surface area (TPSA) is 83.6 Å². The van der Waals surface area contributed by atoms with Gasteiger partial charge in [0.05, 0.1) is 6.42 Å². The van der Waals surface area contributed by atoms with E-state index in [2.05, 4.69) is 0 Å². The molecule has 0 radical (unpaired) electrons. The van der Waals surface area contributed by atoms with Gasteiger partial charge >= 0.3 is 5.97 Å². The average molecular weight is 240 g/mol. The number of hydrogen-bond donors (Lipinski definition) is 2. The third-order valence-electron chi connectivity index (χ3n) is 4.15. The monoisotopic (exact) mass is 240 g/mol. The number of carboxylic acid groups (broad SMARTS) is 1. The Hall–Kier alpha value is -1.10. The zero-order valence-electron chi connectivity index (χ0n) is 10.0. The maximum absolute atomic E-state index is 11.9. The van der Waals surface area contributed by atoms with Crippen molar-refractivity contribution in [2.45, 2.75) is 32.1 Å². The molecule has 0 spiro atoms. The van der Waals surface area contributed by atoms with Crippen LogP contribution in [0.15, 0.2) is 0 Å². The number of carbonyl (C=O) groups is 2. The molecule has 0 atom stereocenters. The summed E-state index contributed by atoms with van der Waals surface area (Å²) in [5.41, 5.74) is 5.77. The van der Waals surface area contributed by atoms with Gasteiger partial charge in [0.25, 0.3) is 0 Å². The van der Waals surface area contributed by atoms with Crippen LogP contribution in [0.4, 0.5) is 0 Å². The lowest BCUT2D eigenvalue weighted by Crippen LogP contribution is -2.53. The van der Waals surface area contributed by atoms with Crippen LogP contribution in [-0.2, 0) is 9.59 Å². The van der Waals surface area contributed by atoms with Crippen LogP contribution < -0.4 is 5.73 Å². The van der Waals surface area contributed by atoms with E-state index in [9.17, 15) is 9.59 Å². The first-order valence-electron chi connectivity index (χ1n) is 6.24. The molecule has 0 bridgehead atoms. The molecule has 1 amide bonds. The fraction of sp³-hybridized carbons (Fsp3) is 0.833. The Morgan fingerprint density at radius 2 is 2.00 bits per heavy atom. The Kier molecular flexibility index (Phi) is 3.38. The Bertz CT molecular complexity index is 314. The molecule has 1 aliphatic carbocycles. The molecule has 1 aliphatic heterocycles. The van der Waals surface area contributed by atoms with Gasteiger partial charge in [0.15, 0.2) is 0 Å². The van der Waals surface area contributed by atoms with Crippen LogP contribution in [0.2, 0.25) is 0 Å². The largest absolute Gasteiger partial charge is 0.481 e. The molecule has 1 saturated carbocycles. The van der Waals surface area contributed by atoms with Gasteiger partial charge in [0, 0.05) is 25.4 Å². The molecule has 1 saturated heterocycles. The number of carbonyl (C=O) groups excluding carboxylic acids is 1. The van der Waals surface area contributed by atoms with Gasteiger partial charge in [-0.05, 0) is 24.8 Å². The van der Waals surface area contributed by atoms with Crippen LogP contribution in [0.25, 0.3) is 0 Å². The normalized spacial score (nSPS) is 22.8. The summed E-state index contributed by atoms with van der Waals surface area (Å²) in [6.07, 6.45) is 4.00. The first-order chi connectivity index (χ1) is 8.04. The summed E-state index contributed by atoms with van der Waals surface area (Å²) in [5, 5.41) is 8.63. The molecule has 3 N–H and O–H groups in total. The predicted octanol–water partition coefficient (Wildman–Crippen LogP) is 0.439. The van der Waals surface area contributed by atoms with Gasteiger partial charge in [0.2, 0.25) is 5.91 Å². The zero-order chi connectivity index (χ0) is 12.5. The lowest BCUT2D eigenvalue weighted by atomic mass is 9.66. The summed E-state index contributed by atoms with van der Waals surface area (Å²) in [6, 6.07) is 0. The van der Waals surface area contributed by atoms with Gasteiger partial charge in [-0.15, -0.1) is 0 Å². The summed E-state index contributed by atoms with van der Waals surface area (Å²) in [5.74, 6) is -0.483. The number of likely N-dealkylation sites (tertiary alicyclic amines) is 1. The van der Waals surface area contributed by atoms with Crippen molar-refractivity contribution in [3.63, 3.8) is 0 Å². The summed E-state index contributed by atoms with van der Waals surface area (Å²) < 4.78 is 0. The van der Waals surface area contributed by atoms with E-state index in [1.807, 2.05) is 0 Å². The van der Waals surface area contributed by atoms with Crippen molar-refractivity contribution in [1.82, 2.24) is 4.90 Å². The summed E-state index contributed by atoms with van der Waals surface area (Å²) in [6.45, 7) is 1.79. The van der Waals surface area contributed by atoms with Crippen molar-refractivity contribution in [1.29, 1.82) is 0 Å². The van der Waals surface area contributed by atoms with Crippen LogP contribution in [-0.4, -0.2) is 41.5 Å². The molecule has 17 heavy (non-hydrogen) atoms. The van der Waals surface area contributed by atoms with E-state index < -0.39 is 5.97 Å². The smallest absolute Gasteiger partial charge is 0.303 e. The van der Waals surface area contributed by atoms with Gasteiger partial charge in [-0.3, -0.25) is 9.59 Å². The summed E-state index contributed by atoms with van der Waals surface area (Å²) >= 11 is 0. The molecule has 0 unspecified atom stereocenters. The van der Waals surface area contributed by atoms with Gasteiger partial charge in [-0.1, -0.05) is 6.42 Å². The molecule has 0 aromatic heterocycles. The summed E-state index contributed by atoms with van der Waals surface area (Å²) in [7, 11) is 0. The standard InChI is InChI=1S/C12H20N2O3/c13-8-12(2-1-3-12)5-10(15)14-6-9(7-14)4-11(16)17/h9H,1-8,13H2,(H,16,17). The maximum atomic E-state index is 11.9. The van der Waals surface area contributed by atoms with Crippen LogP contribution in [0.1, 0.15) is 32.1 Å². The second kappa shape index (κ2) is 4.64. The third kappa shape index (κ3) is 2.60. The molecule has 2 rings (SSSR count). The fourth-order valence-electron chi connectivity index (χ4n) is 2.71.